The second kappa shape index (κ2) is 9.53. The number of nitrogens with zero attached hydrogens (tertiary/aromatic N) is 3. The maximum Gasteiger partial charge on any atom is 0.321 e. The summed E-state index contributed by atoms with van der Waals surface area (Å²) in [4.78, 5) is 14.5. The van der Waals surface area contributed by atoms with Crippen LogP contribution in [0.1, 0.15) is 23.8 Å². The number of piperidine rings is 1. The SMILES string of the molecule is COc1ccc(Cl)cc1NC(=O)N1CCC(c2nnc(-c3ccccc3OC)s2)CC1. The smallest absolute Gasteiger partial charge is 0.321 e. The average molecular weight is 459 g/mol. The standard InChI is InChI=1S/C22H23ClN4O3S/c1-29-18-6-4-3-5-16(18)21-26-25-20(31-21)14-9-11-27(12-10-14)22(28)24-17-13-15(23)7-8-19(17)30-2/h3-8,13-14H,9-12H2,1-2H3,(H,24,28). The third kappa shape index (κ3) is 4.75. The number of ether oxygens (including phenoxy) is 2. The van der Waals surface area contributed by atoms with Crippen molar-refractivity contribution >= 4 is 34.7 Å². The first kappa shape index (κ1) is 21.4. The molecule has 31 heavy (non-hydrogen) atoms. The van der Waals surface area contributed by atoms with Crippen LogP contribution in [0, 0.1) is 0 Å². The number of nitrogens with one attached hydrogen (secondary N) is 1. The van der Waals surface area contributed by atoms with Gasteiger partial charge in [-0.25, -0.2) is 4.79 Å². The van der Waals surface area contributed by atoms with Crippen LogP contribution in [0.4, 0.5) is 10.5 Å². The summed E-state index contributed by atoms with van der Waals surface area (Å²) < 4.78 is 10.7. The summed E-state index contributed by atoms with van der Waals surface area (Å²) in [6, 6.07) is 12.8. The highest BCUT2D eigenvalue weighted by atomic mass is 35.5. The van der Waals surface area contributed by atoms with Crippen LogP contribution in [0.3, 0.4) is 0 Å². The zero-order valence-corrected chi connectivity index (χ0v) is 18.9. The molecule has 2 aromatic carbocycles. The molecule has 7 nitrogen and oxygen atoms in total. The van der Waals surface area contributed by atoms with Gasteiger partial charge in [-0.2, -0.15) is 0 Å². The number of hydrogen-bond acceptors (Lipinski definition) is 6. The number of urea groups is 1. The molecule has 0 bridgehead atoms. The lowest BCUT2D eigenvalue weighted by atomic mass is 9.98. The summed E-state index contributed by atoms with van der Waals surface area (Å²) in [6.07, 6.45) is 1.67. The topological polar surface area (TPSA) is 76.6 Å². The number of hydrogen-bond donors (Lipinski definition) is 1. The number of halogens is 1. The molecule has 162 valence electrons. The highest BCUT2D eigenvalue weighted by Crippen LogP contribution is 2.37. The van der Waals surface area contributed by atoms with E-state index in [9.17, 15) is 4.79 Å². The van der Waals surface area contributed by atoms with Crippen molar-refractivity contribution in [2.24, 2.45) is 0 Å². The zero-order chi connectivity index (χ0) is 21.8. The minimum atomic E-state index is -0.161. The lowest BCUT2D eigenvalue weighted by molar-refractivity contribution is 0.194. The molecule has 1 fully saturated rings. The third-order valence-electron chi connectivity index (χ3n) is 5.31. The normalized spacial score (nSPS) is 14.4. The van der Waals surface area contributed by atoms with Gasteiger partial charge in [-0.15, -0.1) is 10.2 Å². The first-order chi connectivity index (χ1) is 15.1. The first-order valence-corrected chi connectivity index (χ1v) is 11.1. The number of carbonyl (C=O) groups excluding carboxylic acids is 1. The lowest BCUT2D eigenvalue weighted by Gasteiger charge is -2.31. The number of anilines is 1. The molecule has 4 rings (SSSR count). The molecular weight excluding hydrogens is 436 g/mol. The molecular formula is C22H23ClN4O3S. The molecule has 0 atom stereocenters. The summed E-state index contributed by atoms with van der Waals surface area (Å²) in [7, 11) is 3.21. The summed E-state index contributed by atoms with van der Waals surface area (Å²) in [5.41, 5.74) is 1.51. The molecule has 0 aliphatic carbocycles. The van der Waals surface area contributed by atoms with Crippen molar-refractivity contribution in [3.05, 3.63) is 52.5 Å². The van der Waals surface area contributed by atoms with E-state index in [0.29, 0.717) is 29.5 Å². The maximum absolute atomic E-state index is 12.7. The molecule has 9 heteroatoms. The Kier molecular flexibility index (Phi) is 6.58. The van der Waals surface area contributed by atoms with Gasteiger partial charge in [0.05, 0.1) is 25.5 Å². The van der Waals surface area contributed by atoms with Gasteiger partial charge in [-0.05, 0) is 43.2 Å². The highest BCUT2D eigenvalue weighted by molar-refractivity contribution is 7.14. The van der Waals surface area contributed by atoms with E-state index in [0.717, 1.165) is 34.2 Å². The maximum atomic E-state index is 12.7. The lowest BCUT2D eigenvalue weighted by Crippen LogP contribution is -2.40. The van der Waals surface area contributed by atoms with Crippen LogP contribution in [0.5, 0.6) is 11.5 Å². The number of likely N-dealkylation sites (tertiary alicyclic amines) is 1. The Balaban J connectivity index is 1.39. The Bertz CT molecular complexity index is 1070. The van der Waals surface area contributed by atoms with Crippen molar-refractivity contribution in [1.82, 2.24) is 15.1 Å². The minimum absolute atomic E-state index is 0.161. The number of aromatic nitrogens is 2. The number of rotatable bonds is 5. The van der Waals surface area contributed by atoms with Gasteiger partial charge in [0, 0.05) is 24.0 Å². The third-order valence-corrected chi connectivity index (χ3v) is 6.67. The molecule has 3 aromatic rings. The molecule has 0 unspecified atom stereocenters. The monoisotopic (exact) mass is 458 g/mol. The second-order valence-electron chi connectivity index (χ2n) is 7.18. The van der Waals surface area contributed by atoms with Gasteiger partial charge in [-0.1, -0.05) is 35.1 Å². The van der Waals surface area contributed by atoms with Crippen molar-refractivity contribution < 1.29 is 14.3 Å². The van der Waals surface area contributed by atoms with Gasteiger partial charge in [0.2, 0.25) is 0 Å². The molecule has 1 aliphatic heterocycles. The largest absolute Gasteiger partial charge is 0.496 e. The van der Waals surface area contributed by atoms with Crippen molar-refractivity contribution in [2.75, 3.05) is 32.6 Å². The Labute approximate surface area is 190 Å². The molecule has 1 aromatic heterocycles. The van der Waals surface area contributed by atoms with Crippen molar-refractivity contribution in [3.63, 3.8) is 0 Å². The van der Waals surface area contributed by atoms with E-state index in [1.165, 1.54) is 0 Å². The van der Waals surface area contributed by atoms with E-state index in [1.54, 1.807) is 48.7 Å². The molecule has 0 radical (unpaired) electrons. The van der Waals surface area contributed by atoms with Crippen LogP contribution in [-0.4, -0.2) is 48.4 Å². The van der Waals surface area contributed by atoms with Crippen LogP contribution >= 0.6 is 22.9 Å². The van der Waals surface area contributed by atoms with Crippen LogP contribution < -0.4 is 14.8 Å². The predicted molar refractivity (Wildman–Crippen MR) is 122 cm³/mol. The Morgan fingerprint density at radius 2 is 1.84 bits per heavy atom. The summed E-state index contributed by atoms with van der Waals surface area (Å²) >= 11 is 7.64. The first-order valence-electron chi connectivity index (χ1n) is 9.95. The van der Waals surface area contributed by atoms with E-state index in [-0.39, 0.29) is 11.9 Å². The van der Waals surface area contributed by atoms with Gasteiger partial charge >= 0.3 is 6.03 Å². The number of amides is 2. The highest BCUT2D eigenvalue weighted by Gasteiger charge is 2.27. The van der Waals surface area contributed by atoms with Crippen molar-refractivity contribution in [2.45, 2.75) is 18.8 Å². The summed E-state index contributed by atoms with van der Waals surface area (Å²) in [6.45, 7) is 1.28. The quantitative estimate of drug-likeness (QED) is 0.562. The van der Waals surface area contributed by atoms with E-state index in [1.807, 2.05) is 24.3 Å². The van der Waals surface area contributed by atoms with Gasteiger partial charge in [0.1, 0.15) is 16.5 Å². The molecule has 2 heterocycles. The molecule has 1 saturated heterocycles. The molecule has 2 amide bonds. The van der Waals surface area contributed by atoms with Crippen molar-refractivity contribution in [1.29, 1.82) is 0 Å². The molecule has 1 aliphatic rings. The van der Waals surface area contributed by atoms with Crippen molar-refractivity contribution in [3.8, 4) is 22.1 Å². The van der Waals surface area contributed by atoms with Crippen LogP contribution in [0.25, 0.3) is 10.6 Å². The Morgan fingerprint density at radius 3 is 2.58 bits per heavy atom. The molecule has 0 saturated carbocycles. The molecule has 1 N–H and O–H groups in total. The fraction of sp³-hybridized carbons (Fsp3) is 0.318. The van der Waals surface area contributed by atoms with Crippen LogP contribution in [0.2, 0.25) is 5.02 Å². The molecule has 0 spiro atoms. The summed E-state index contributed by atoms with van der Waals surface area (Å²) in [5, 5.41) is 14.1. The van der Waals surface area contributed by atoms with E-state index >= 15 is 0 Å². The van der Waals surface area contributed by atoms with Gasteiger partial charge in [0.25, 0.3) is 0 Å². The number of carbonyl (C=O) groups is 1. The number of methoxy groups -OCH3 is 2. The van der Waals surface area contributed by atoms with Gasteiger partial charge in [-0.3, -0.25) is 0 Å². The summed E-state index contributed by atoms with van der Waals surface area (Å²) in [5.74, 6) is 1.64. The second-order valence-corrected chi connectivity index (χ2v) is 8.63. The van der Waals surface area contributed by atoms with Crippen LogP contribution in [0.15, 0.2) is 42.5 Å². The number of para-hydroxylation sites is 1. The predicted octanol–water partition coefficient (Wildman–Crippen LogP) is 5.29. The van der Waals surface area contributed by atoms with E-state index in [2.05, 4.69) is 15.5 Å². The zero-order valence-electron chi connectivity index (χ0n) is 17.3. The Hall–Kier alpha value is -2.84. The van der Waals surface area contributed by atoms with Gasteiger partial charge in [0.15, 0.2) is 5.01 Å². The van der Waals surface area contributed by atoms with Gasteiger partial charge < -0.3 is 19.7 Å². The van der Waals surface area contributed by atoms with E-state index in [4.69, 9.17) is 21.1 Å². The average Bonchev–Trinajstić information content (AvgIpc) is 3.29. The minimum Gasteiger partial charge on any atom is -0.496 e. The fourth-order valence-corrected chi connectivity index (χ4v) is 4.85. The Morgan fingerprint density at radius 1 is 1.10 bits per heavy atom. The number of benzene rings is 2. The van der Waals surface area contributed by atoms with Crippen LogP contribution in [-0.2, 0) is 0 Å². The fourth-order valence-electron chi connectivity index (χ4n) is 3.63. The van der Waals surface area contributed by atoms with E-state index < -0.39 is 0 Å².